The van der Waals surface area contributed by atoms with E-state index in [9.17, 15) is 9.18 Å². The van der Waals surface area contributed by atoms with Crippen LogP contribution in [0.2, 0.25) is 5.02 Å². The molecule has 142 valence electrons. The zero-order valence-electron chi connectivity index (χ0n) is 14.9. The summed E-state index contributed by atoms with van der Waals surface area (Å²) in [6, 6.07) is 13.3. The molecule has 0 unspecified atom stereocenters. The van der Waals surface area contributed by atoms with Crippen LogP contribution in [0.15, 0.2) is 59.9 Å². The number of halogens is 2. The van der Waals surface area contributed by atoms with Gasteiger partial charge in [-0.25, -0.2) is 9.37 Å². The monoisotopic (exact) mass is 398 g/mol. The Morgan fingerprint density at radius 1 is 1.25 bits per heavy atom. The number of nitrogens with one attached hydrogen (secondary N) is 1. The molecule has 1 aliphatic rings. The van der Waals surface area contributed by atoms with Gasteiger partial charge in [0.2, 0.25) is 12.1 Å². The second-order valence-electron chi connectivity index (χ2n) is 6.34. The van der Waals surface area contributed by atoms with Crippen LogP contribution in [0.5, 0.6) is 0 Å². The number of amides is 1. The van der Waals surface area contributed by atoms with Crippen molar-refractivity contribution < 1.29 is 14.0 Å². The molecule has 0 aliphatic carbocycles. The van der Waals surface area contributed by atoms with Crippen molar-refractivity contribution in [3.05, 3.63) is 71.1 Å². The molecule has 1 atom stereocenters. The SMILES string of the molecule is Cn1c(-c2ccc(F)cc2)cnc1NC(=O)[C@@H]1CC(c2ccccc2Cl)=NO1. The fourth-order valence-electron chi connectivity index (χ4n) is 2.98. The number of anilines is 1. The highest BCUT2D eigenvalue weighted by Gasteiger charge is 2.30. The van der Waals surface area contributed by atoms with E-state index in [0.717, 1.165) is 16.8 Å². The molecule has 1 aliphatic heterocycles. The second kappa shape index (κ2) is 7.44. The molecule has 4 rings (SSSR count). The number of oxime groups is 1. The molecule has 28 heavy (non-hydrogen) atoms. The highest BCUT2D eigenvalue weighted by molar-refractivity contribution is 6.34. The van der Waals surface area contributed by atoms with E-state index < -0.39 is 6.10 Å². The first-order valence-corrected chi connectivity index (χ1v) is 8.97. The van der Waals surface area contributed by atoms with Crippen LogP contribution in [-0.4, -0.2) is 27.3 Å². The number of nitrogens with zero attached hydrogens (tertiary/aromatic N) is 3. The maximum atomic E-state index is 13.1. The third-order valence-corrected chi connectivity index (χ3v) is 4.84. The van der Waals surface area contributed by atoms with Crippen molar-refractivity contribution in [1.82, 2.24) is 9.55 Å². The molecular weight excluding hydrogens is 383 g/mol. The summed E-state index contributed by atoms with van der Waals surface area (Å²) < 4.78 is 14.8. The van der Waals surface area contributed by atoms with Crippen LogP contribution >= 0.6 is 11.6 Å². The highest BCUT2D eigenvalue weighted by atomic mass is 35.5. The molecule has 0 fully saturated rings. The van der Waals surface area contributed by atoms with E-state index in [4.69, 9.17) is 16.4 Å². The number of benzene rings is 2. The van der Waals surface area contributed by atoms with Gasteiger partial charge in [0.1, 0.15) is 5.82 Å². The minimum absolute atomic E-state index is 0.310. The first-order chi connectivity index (χ1) is 13.5. The molecule has 1 N–H and O–H groups in total. The van der Waals surface area contributed by atoms with Crippen LogP contribution < -0.4 is 5.32 Å². The number of hydrogen-bond acceptors (Lipinski definition) is 4. The Balaban J connectivity index is 1.45. The molecule has 3 aromatic rings. The van der Waals surface area contributed by atoms with Gasteiger partial charge < -0.3 is 9.40 Å². The van der Waals surface area contributed by atoms with Gasteiger partial charge in [-0.05, 0) is 30.3 Å². The lowest BCUT2D eigenvalue weighted by Crippen LogP contribution is -2.29. The third kappa shape index (κ3) is 3.48. The van der Waals surface area contributed by atoms with Gasteiger partial charge in [-0.2, -0.15) is 0 Å². The van der Waals surface area contributed by atoms with Crippen molar-refractivity contribution in [2.24, 2.45) is 12.2 Å². The molecule has 0 spiro atoms. The number of carbonyl (C=O) groups is 1. The van der Waals surface area contributed by atoms with Gasteiger partial charge in [-0.1, -0.05) is 35.0 Å². The van der Waals surface area contributed by atoms with Gasteiger partial charge in [-0.15, -0.1) is 0 Å². The molecule has 0 saturated heterocycles. The first kappa shape index (κ1) is 18.2. The average Bonchev–Trinajstić information content (AvgIpc) is 3.31. The number of rotatable bonds is 4. The maximum Gasteiger partial charge on any atom is 0.271 e. The van der Waals surface area contributed by atoms with Crippen molar-refractivity contribution >= 4 is 29.2 Å². The Morgan fingerprint density at radius 2 is 2.00 bits per heavy atom. The smallest absolute Gasteiger partial charge is 0.271 e. The van der Waals surface area contributed by atoms with E-state index in [-0.39, 0.29) is 11.7 Å². The van der Waals surface area contributed by atoms with Crippen LogP contribution in [0.3, 0.4) is 0 Å². The van der Waals surface area contributed by atoms with E-state index in [1.807, 2.05) is 18.2 Å². The quantitative estimate of drug-likeness (QED) is 0.722. The predicted molar refractivity (Wildman–Crippen MR) is 105 cm³/mol. The van der Waals surface area contributed by atoms with E-state index in [2.05, 4.69) is 15.5 Å². The number of aromatic nitrogens is 2. The molecule has 8 heteroatoms. The van der Waals surface area contributed by atoms with E-state index in [1.54, 1.807) is 36.0 Å². The van der Waals surface area contributed by atoms with Gasteiger partial charge in [0.25, 0.3) is 5.91 Å². The van der Waals surface area contributed by atoms with Crippen molar-refractivity contribution in [2.45, 2.75) is 12.5 Å². The van der Waals surface area contributed by atoms with Gasteiger partial charge in [-0.3, -0.25) is 10.1 Å². The van der Waals surface area contributed by atoms with Crippen LogP contribution in [0.1, 0.15) is 12.0 Å². The fourth-order valence-corrected chi connectivity index (χ4v) is 3.22. The summed E-state index contributed by atoms with van der Waals surface area (Å²) in [6.07, 6.45) is 1.16. The van der Waals surface area contributed by atoms with Gasteiger partial charge in [0, 0.05) is 29.6 Å². The Kier molecular flexibility index (Phi) is 4.83. The van der Waals surface area contributed by atoms with Crippen LogP contribution in [-0.2, 0) is 16.7 Å². The van der Waals surface area contributed by atoms with Crippen molar-refractivity contribution in [1.29, 1.82) is 0 Å². The fraction of sp³-hybridized carbons (Fsp3) is 0.150. The summed E-state index contributed by atoms with van der Waals surface area (Å²) in [6.45, 7) is 0. The first-order valence-electron chi connectivity index (χ1n) is 8.59. The molecular formula is C20H16ClFN4O2. The lowest BCUT2D eigenvalue weighted by atomic mass is 10.0. The molecule has 2 heterocycles. The van der Waals surface area contributed by atoms with Crippen LogP contribution in [0, 0.1) is 5.82 Å². The van der Waals surface area contributed by atoms with E-state index in [0.29, 0.717) is 23.1 Å². The average molecular weight is 399 g/mol. The Bertz CT molecular complexity index is 1060. The van der Waals surface area contributed by atoms with E-state index in [1.165, 1.54) is 12.1 Å². The topological polar surface area (TPSA) is 68.5 Å². The summed E-state index contributed by atoms with van der Waals surface area (Å²) in [4.78, 5) is 22.1. The van der Waals surface area contributed by atoms with Gasteiger partial charge in [0.05, 0.1) is 17.6 Å². The zero-order chi connectivity index (χ0) is 19.7. The lowest BCUT2D eigenvalue weighted by Gasteiger charge is -2.10. The Morgan fingerprint density at radius 3 is 2.75 bits per heavy atom. The molecule has 0 saturated carbocycles. The normalized spacial score (nSPS) is 15.8. The molecule has 2 aromatic carbocycles. The summed E-state index contributed by atoms with van der Waals surface area (Å²) in [7, 11) is 1.77. The number of carbonyl (C=O) groups excluding carboxylic acids is 1. The summed E-state index contributed by atoms with van der Waals surface area (Å²) in [5.41, 5.74) is 2.90. The summed E-state index contributed by atoms with van der Waals surface area (Å²) in [5, 5.41) is 7.31. The highest BCUT2D eigenvalue weighted by Crippen LogP contribution is 2.25. The van der Waals surface area contributed by atoms with Crippen LogP contribution in [0.25, 0.3) is 11.3 Å². The standard InChI is InChI=1S/C20H16ClFN4O2/c1-26-17(12-6-8-13(22)9-7-12)11-23-20(26)24-19(27)18-10-16(25-28-18)14-4-2-3-5-15(14)21/h2-9,11,18H,10H2,1H3,(H,23,24,27)/t18-/m0/s1. The summed E-state index contributed by atoms with van der Waals surface area (Å²) in [5.74, 6) is -0.309. The Hall–Kier alpha value is -3.19. The molecule has 1 amide bonds. The molecule has 6 nitrogen and oxygen atoms in total. The maximum absolute atomic E-state index is 13.1. The lowest BCUT2D eigenvalue weighted by molar-refractivity contribution is -0.125. The minimum atomic E-state index is -0.766. The number of imidazole rings is 1. The largest absolute Gasteiger partial charge is 0.382 e. The van der Waals surface area contributed by atoms with Crippen LogP contribution in [0.4, 0.5) is 10.3 Å². The Labute approximate surface area is 165 Å². The van der Waals surface area contributed by atoms with E-state index >= 15 is 0 Å². The van der Waals surface area contributed by atoms with Crippen molar-refractivity contribution in [3.8, 4) is 11.3 Å². The second-order valence-corrected chi connectivity index (χ2v) is 6.75. The minimum Gasteiger partial charge on any atom is -0.382 e. The molecule has 1 aromatic heterocycles. The molecule has 0 radical (unpaired) electrons. The van der Waals surface area contributed by atoms with Gasteiger partial charge >= 0.3 is 0 Å². The third-order valence-electron chi connectivity index (χ3n) is 4.51. The zero-order valence-corrected chi connectivity index (χ0v) is 15.7. The molecule has 0 bridgehead atoms. The van der Waals surface area contributed by atoms with Gasteiger partial charge in [0.15, 0.2) is 0 Å². The predicted octanol–water partition coefficient (Wildman–Crippen LogP) is 4.01. The number of hydrogen-bond donors (Lipinski definition) is 1. The van der Waals surface area contributed by atoms with Crippen molar-refractivity contribution in [3.63, 3.8) is 0 Å². The summed E-state index contributed by atoms with van der Waals surface area (Å²) >= 11 is 6.18. The van der Waals surface area contributed by atoms with Crippen molar-refractivity contribution in [2.75, 3.05) is 5.32 Å².